The van der Waals surface area contributed by atoms with Gasteiger partial charge in [0.1, 0.15) is 44.2 Å². The van der Waals surface area contributed by atoms with Gasteiger partial charge in [0.05, 0.1) is 113 Å². The summed E-state index contributed by atoms with van der Waals surface area (Å²) < 4.78 is 74.2. The first kappa shape index (κ1) is 55.1. The quantitative estimate of drug-likeness (QED) is 0.0567. The molecule has 18 rings (SSSR count). The summed E-state index contributed by atoms with van der Waals surface area (Å²) in [5.74, 6) is 7.90. The van der Waals surface area contributed by atoms with Gasteiger partial charge < -0.3 is 85.6 Å². The molecule has 0 amide bonds. The molecule has 9 heterocycles. The summed E-state index contributed by atoms with van der Waals surface area (Å²) in [4.78, 5) is 0. The average molecular weight is 1250 g/mol. The van der Waals surface area contributed by atoms with Crippen molar-refractivity contribution in [1.82, 2.24) is 15.3 Å². The second kappa shape index (κ2) is 20.1. The molecule has 6 aromatic rings. The Hall–Kier alpha value is -6.79. The van der Waals surface area contributed by atoms with Gasteiger partial charge in [-0.05, 0) is 119 Å². The molecule has 3 unspecified atom stereocenters. The maximum atomic E-state index is 12.4. The summed E-state index contributed by atoms with van der Waals surface area (Å²) in [6.45, 7) is 3.20. The van der Waals surface area contributed by atoms with Gasteiger partial charge in [-0.2, -0.15) is 0 Å². The highest BCUT2D eigenvalue weighted by Gasteiger charge is 2.57. The summed E-state index contributed by atoms with van der Waals surface area (Å²) in [7, 11) is 6.88. The second-order valence-electron chi connectivity index (χ2n) is 27.0. The van der Waals surface area contributed by atoms with E-state index in [2.05, 4.69) is 91.0 Å². The zero-order chi connectivity index (χ0) is 59.9. The van der Waals surface area contributed by atoms with Crippen LogP contribution in [0.15, 0.2) is 72.8 Å². The van der Waals surface area contributed by atoms with E-state index in [-0.39, 0.29) is 76.6 Å². The Morgan fingerprint density at radius 3 is 0.955 bits per heavy atom. The Bertz CT molecular complexity index is 3650. The van der Waals surface area contributed by atoms with Crippen LogP contribution in [0.4, 0.5) is 0 Å². The smallest absolute Gasteiger partial charge is 0.231 e. The predicted molar refractivity (Wildman–Crippen MR) is 324 cm³/mol. The summed E-state index contributed by atoms with van der Waals surface area (Å²) in [5.41, 5.74) is 13.0. The van der Waals surface area contributed by atoms with Gasteiger partial charge in [0.2, 0.25) is 40.8 Å². The molecular weight excluding hydrogens is 1180 g/mol. The van der Waals surface area contributed by atoms with Gasteiger partial charge in [0, 0.05) is 16.7 Å². The molecule has 23 heteroatoms. The number of nitrogens with one attached hydrogen (secondary N) is 3. The van der Waals surface area contributed by atoms with E-state index in [0.29, 0.717) is 126 Å². The first-order valence-electron chi connectivity index (χ1n) is 31.1. The highest BCUT2D eigenvalue weighted by atomic mass is 32.4. The molecule has 3 aliphatic carbocycles. The molecule has 6 aromatic carbocycles. The minimum Gasteiger partial charge on any atom is -0.454 e. The van der Waals surface area contributed by atoms with Crippen molar-refractivity contribution < 1.29 is 85.6 Å². The lowest BCUT2D eigenvalue weighted by atomic mass is 9.69. The van der Waals surface area contributed by atoms with E-state index in [9.17, 15) is 15.3 Å². The molecule has 12 aliphatic rings. The topological polar surface area (TPSA) is 208 Å². The lowest BCUT2D eigenvalue weighted by molar-refractivity contribution is -0.956. The van der Waals surface area contributed by atoms with Gasteiger partial charge in [-0.25, -0.2) is 0 Å². The van der Waals surface area contributed by atoms with Crippen LogP contribution in [-0.2, 0) is 50.7 Å². The molecule has 6 N–H and O–H groups in total. The lowest BCUT2D eigenvalue weighted by Gasteiger charge is -2.53. The molecule has 0 fully saturated rings. The van der Waals surface area contributed by atoms with Crippen molar-refractivity contribution in [2.75, 3.05) is 101 Å². The van der Waals surface area contributed by atoms with Crippen molar-refractivity contribution in [3.8, 4) is 69.0 Å². The Kier molecular flexibility index (Phi) is 12.4. The molecule has 0 spiro atoms. The summed E-state index contributed by atoms with van der Waals surface area (Å²) in [6.07, 6.45) is -0.622. The van der Waals surface area contributed by atoms with E-state index >= 15 is 0 Å². The molecule has 0 saturated heterocycles. The number of aliphatic hydroxyl groups excluding tert-OH is 3. The molecule has 12 atom stereocenters. The van der Waals surface area contributed by atoms with Crippen LogP contribution in [0, 0.1) is 0 Å². The fraction of sp³-hybridized carbons (Fsp3) is 0.455. The number of aliphatic hydroxyl groups is 3. The Labute approximate surface area is 519 Å². The molecule has 0 aromatic heterocycles. The third-order valence-corrected chi connectivity index (χ3v) is 25.1. The maximum absolute atomic E-state index is 12.4. The third kappa shape index (κ3) is 8.47. The van der Waals surface area contributed by atoms with Crippen LogP contribution in [0.5, 0.6) is 69.0 Å². The van der Waals surface area contributed by atoms with Gasteiger partial charge in [0.25, 0.3) is 0 Å². The first-order valence-corrected chi connectivity index (χ1v) is 33.9. The van der Waals surface area contributed by atoms with Gasteiger partial charge in [-0.3, -0.25) is 15.3 Å². The zero-order valence-corrected chi connectivity index (χ0v) is 51.5. The predicted octanol–water partition coefficient (Wildman–Crippen LogP) is 6.56. The SMILES string of the molecule is C[N+]1(CCNP(=S)(NCC[N+]2(C)Cc3c(ccc4c3OCO4)[C@@H]3[C@H]2c2cc4c(cc2C[C@@H]3O)OCO4)NCC[N+]2(C)Cc3c(ccc4c3OCO4)[C@@H]3[C@H]2c2cc4c(cc2C[C@@H]3O)OCO4)Cc2c(ccc3c2OCO3)[C@@H]2[C@H]1c1cc3c(cc1C[C@@H]2O)OCO3. The molecule has 0 radical (unpaired) electrons. The van der Waals surface area contributed by atoms with Crippen molar-refractivity contribution >= 4 is 18.3 Å². The lowest BCUT2D eigenvalue weighted by Crippen LogP contribution is -2.58. The van der Waals surface area contributed by atoms with Crippen LogP contribution >= 0.6 is 6.49 Å². The van der Waals surface area contributed by atoms with Crippen molar-refractivity contribution in [1.29, 1.82) is 0 Å². The highest BCUT2D eigenvalue weighted by Crippen LogP contribution is 2.61. The van der Waals surface area contributed by atoms with Crippen LogP contribution in [-0.4, -0.2) is 148 Å². The Balaban J connectivity index is 0.697. The average Bonchev–Trinajstić information content (AvgIpc) is 1.45. The number of likely N-dealkylation sites (N-methyl/N-ethyl adjacent to an activating group) is 3. The molecule has 0 bridgehead atoms. The summed E-state index contributed by atoms with van der Waals surface area (Å²) in [6, 6.07) is 24.5. The molecular formula is C66H72N6O15PS+3. The molecule has 0 saturated carbocycles. The van der Waals surface area contributed by atoms with Crippen LogP contribution in [0.3, 0.4) is 0 Å². The standard InChI is InChI=1S/C66H72N6O15PS/c1-70(25-43-37(4-7-49-64(43)85-31-76-49)58-46(73)16-34-19-52-55(82-28-79-52)22-40(34)61(58)70)13-10-67-88(89,68-11-14-71(2)26-44-38(5-8-50-65(44)86-32-77-50)59-47(74)17-35-20-53-56(83-29-80-53)23-41(35)62(59)71)69-12-15-72(3)27-45-39(6-9-51-66(45)87-33-78-51)60-48(75)18-36-21-54-57(84-30-81-54)24-42(36)63(60)72/h4-9,19-24,46-48,58-63,73-75H,10-18,25-33H2,1-3H3,(H3,67,68,69,89)/q+3/t46-,47-,48-,58-,59-,60-,61+,62+,63+,70?,71?,72?,88?/m0/s1. The van der Waals surface area contributed by atoms with Gasteiger partial charge in [-0.15, -0.1) is 0 Å². The summed E-state index contributed by atoms with van der Waals surface area (Å²) >= 11 is 7.08. The van der Waals surface area contributed by atoms with Gasteiger partial charge in [0.15, 0.2) is 69.0 Å². The van der Waals surface area contributed by atoms with Crippen LogP contribution < -0.4 is 72.1 Å². The van der Waals surface area contributed by atoms with Crippen molar-refractivity contribution in [3.63, 3.8) is 0 Å². The minimum atomic E-state index is -2.96. The van der Waals surface area contributed by atoms with E-state index in [1.54, 1.807) is 0 Å². The number of quaternary nitrogens is 3. The van der Waals surface area contributed by atoms with Crippen LogP contribution in [0.25, 0.3) is 0 Å². The number of ether oxygens (including phenoxy) is 12. The number of nitrogens with zero attached hydrogens (tertiary/aromatic N) is 3. The van der Waals surface area contributed by atoms with E-state index < -0.39 is 24.8 Å². The Morgan fingerprint density at radius 2 is 0.652 bits per heavy atom. The molecule has 21 nitrogen and oxygen atoms in total. The molecule has 89 heavy (non-hydrogen) atoms. The van der Waals surface area contributed by atoms with Crippen molar-refractivity contribution in [2.45, 2.75) is 93.1 Å². The van der Waals surface area contributed by atoms with Gasteiger partial charge >= 0.3 is 0 Å². The largest absolute Gasteiger partial charge is 0.454 e. The van der Waals surface area contributed by atoms with Crippen LogP contribution in [0.2, 0.25) is 0 Å². The van der Waals surface area contributed by atoms with E-state index in [0.717, 1.165) is 101 Å². The number of benzene rings is 6. The van der Waals surface area contributed by atoms with E-state index in [1.807, 2.05) is 18.2 Å². The number of rotatable bonds is 12. The number of fused-ring (bicyclic) bond motifs is 24. The van der Waals surface area contributed by atoms with E-state index in [4.69, 9.17) is 68.6 Å². The highest BCUT2D eigenvalue weighted by molar-refractivity contribution is 8.11. The first-order chi connectivity index (χ1) is 43.2. The van der Waals surface area contributed by atoms with Crippen LogP contribution in [0.1, 0.15) is 103 Å². The normalized spacial score (nSPS) is 31.2. The Morgan fingerprint density at radius 1 is 0.382 bits per heavy atom. The van der Waals surface area contributed by atoms with Crippen molar-refractivity contribution in [3.05, 3.63) is 140 Å². The van der Waals surface area contributed by atoms with Crippen molar-refractivity contribution in [2.24, 2.45) is 0 Å². The second-order valence-corrected chi connectivity index (χ2v) is 30.8. The molecule has 9 aliphatic heterocycles. The number of hydrogen-bond donors (Lipinski definition) is 6. The monoisotopic (exact) mass is 1250 g/mol. The van der Waals surface area contributed by atoms with Gasteiger partial charge in [-0.1, -0.05) is 18.2 Å². The summed E-state index contributed by atoms with van der Waals surface area (Å²) in [5, 5.41) is 49.3. The fourth-order valence-corrected chi connectivity index (χ4v) is 20.5. The maximum Gasteiger partial charge on any atom is 0.231 e. The fourth-order valence-electron chi connectivity index (χ4n) is 18.1. The number of hydrogen-bond acceptors (Lipinski definition) is 16. The zero-order valence-electron chi connectivity index (χ0n) is 49.8. The third-order valence-electron chi connectivity index (χ3n) is 22.0. The van der Waals surface area contributed by atoms with E-state index in [1.165, 1.54) is 0 Å². The molecule has 464 valence electrons. The minimum absolute atomic E-state index is 0.142.